The molecule has 0 amide bonds. The lowest BCUT2D eigenvalue weighted by Crippen LogP contribution is -2.00. The Hall–Kier alpha value is -0.500. The minimum absolute atomic E-state index is 0.199. The Morgan fingerprint density at radius 3 is 2.29 bits per heavy atom. The molecule has 0 aromatic carbocycles. The van der Waals surface area contributed by atoms with Gasteiger partial charge in [-0.3, -0.25) is 4.79 Å². The second-order valence-electron chi connectivity index (χ2n) is 1.00. The Morgan fingerprint density at radius 1 is 1.86 bits per heavy atom. The highest BCUT2D eigenvalue weighted by Gasteiger charge is 1.98. The van der Waals surface area contributed by atoms with Gasteiger partial charge >= 0.3 is 0 Å². The number of allylic oxidation sites excluding steroid dienone is 1. The van der Waals surface area contributed by atoms with Crippen LogP contribution in [0.5, 0.6) is 0 Å². The maximum Gasteiger partial charge on any atom is 0.211 e. The van der Waals surface area contributed by atoms with E-state index in [1.165, 1.54) is 0 Å². The van der Waals surface area contributed by atoms with Gasteiger partial charge in [0.15, 0.2) is 5.76 Å². The van der Waals surface area contributed by atoms with E-state index in [-0.39, 0.29) is 5.88 Å². The smallest absolute Gasteiger partial charge is 0.211 e. The molecule has 40 valence electrons. The molecule has 1 N–H and O–H groups in total. The van der Waals surface area contributed by atoms with E-state index >= 15 is 0 Å². The van der Waals surface area contributed by atoms with Gasteiger partial charge in [-0.2, -0.15) is 0 Å². The third kappa shape index (κ3) is 2.23. The van der Waals surface area contributed by atoms with Crippen molar-refractivity contribution in [3.8, 4) is 0 Å². The molecule has 0 aromatic rings. The van der Waals surface area contributed by atoms with Crippen molar-refractivity contribution < 1.29 is 9.90 Å². The molecule has 0 radical (unpaired) electrons. The molecule has 0 saturated heterocycles. The van der Waals surface area contributed by atoms with Gasteiger partial charge in [-0.15, -0.1) is 11.6 Å². The van der Waals surface area contributed by atoms with Crippen LogP contribution in [0.3, 0.4) is 0 Å². The molecule has 0 bridgehead atoms. The molecule has 3 heteroatoms. The summed E-state index contributed by atoms with van der Waals surface area (Å²) in [6.45, 7) is 2.95. The Bertz CT molecular complexity index is 97.9. The second kappa shape index (κ2) is 2.64. The highest BCUT2D eigenvalue weighted by atomic mass is 35.5. The quantitative estimate of drug-likeness (QED) is 0.334. The monoisotopic (exact) mass is 120 g/mol. The van der Waals surface area contributed by atoms with Crippen LogP contribution in [-0.2, 0) is 4.79 Å². The topological polar surface area (TPSA) is 37.3 Å². The molecule has 0 atom stereocenters. The SMILES string of the molecule is C=C(O)C(=O)CCl. The minimum atomic E-state index is -0.526. The summed E-state index contributed by atoms with van der Waals surface area (Å²) in [5.41, 5.74) is 0. The van der Waals surface area contributed by atoms with Crippen LogP contribution in [0.4, 0.5) is 0 Å². The van der Waals surface area contributed by atoms with Crippen molar-refractivity contribution in [3.63, 3.8) is 0 Å². The average Bonchev–Trinajstić information content (AvgIpc) is 1.65. The second-order valence-corrected chi connectivity index (χ2v) is 1.27. The van der Waals surface area contributed by atoms with Gasteiger partial charge < -0.3 is 5.11 Å². The van der Waals surface area contributed by atoms with Gasteiger partial charge in [0.2, 0.25) is 5.78 Å². The molecule has 0 aliphatic carbocycles. The number of aliphatic hydroxyl groups is 1. The third-order valence-corrected chi connectivity index (χ3v) is 0.686. The Kier molecular flexibility index (Phi) is 2.45. The van der Waals surface area contributed by atoms with E-state index in [1.807, 2.05) is 0 Å². The van der Waals surface area contributed by atoms with Crippen LogP contribution in [0.25, 0.3) is 0 Å². The molecular formula is C4H5ClO2. The van der Waals surface area contributed by atoms with Crippen molar-refractivity contribution in [2.75, 3.05) is 5.88 Å². The zero-order valence-corrected chi connectivity index (χ0v) is 4.40. The number of halogens is 1. The number of alkyl halides is 1. The van der Waals surface area contributed by atoms with Crippen LogP contribution in [0, 0.1) is 0 Å². The molecule has 0 fully saturated rings. The first-order valence-electron chi connectivity index (χ1n) is 1.65. The van der Waals surface area contributed by atoms with E-state index in [9.17, 15) is 4.79 Å². The first-order valence-corrected chi connectivity index (χ1v) is 2.19. The number of hydrogen-bond donors (Lipinski definition) is 1. The highest BCUT2D eigenvalue weighted by molar-refractivity contribution is 6.29. The molecule has 2 nitrogen and oxygen atoms in total. The standard InChI is InChI=1S/C4H5ClO2/c1-3(6)4(7)2-5/h6H,1-2H2. The van der Waals surface area contributed by atoms with Crippen molar-refractivity contribution in [2.45, 2.75) is 0 Å². The third-order valence-electron chi connectivity index (χ3n) is 0.443. The zero-order valence-electron chi connectivity index (χ0n) is 3.65. The summed E-state index contributed by atoms with van der Waals surface area (Å²) in [6.07, 6.45) is 0. The molecule has 0 heterocycles. The van der Waals surface area contributed by atoms with Gasteiger partial charge in [-0.1, -0.05) is 6.58 Å². The van der Waals surface area contributed by atoms with Crippen LogP contribution < -0.4 is 0 Å². The zero-order chi connectivity index (χ0) is 5.86. The molecule has 0 rings (SSSR count). The van der Waals surface area contributed by atoms with Crippen molar-refractivity contribution >= 4 is 17.4 Å². The van der Waals surface area contributed by atoms with Crippen molar-refractivity contribution in [3.05, 3.63) is 12.3 Å². The molecule has 0 unspecified atom stereocenters. The Labute approximate surface area is 46.4 Å². The number of carbonyl (C=O) groups is 1. The van der Waals surface area contributed by atoms with Gasteiger partial charge in [-0.25, -0.2) is 0 Å². The summed E-state index contributed by atoms with van der Waals surface area (Å²) < 4.78 is 0. The summed E-state index contributed by atoms with van der Waals surface area (Å²) >= 11 is 4.98. The fourth-order valence-corrected chi connectivity index (χ4v) is 0.231. The fourth-order valence-electron chi connectivity index (χ4n) is 0.0771. The molecule has 0 spiro atoms. The van der Waals surface area contributed by atoms with E-state index in [0.717, 1.165) is 0 Å². The molecule has 0 aliphatic heterocycles. The van der Waals surface area contributed by atoms with E-state index in [0.29, 0.717) is 0 Å². The molecule has 0 aliphatic rings. The number of Topliss-reactive ketones (excluding diaryl/α,β-unsaturated/α-hetero) is 1. The fraction of sp³-hybridized carbons (Fsp3) is 0.250. The first-order chi connectivity index (χ1) is 3.18. The van der Waals surface area contributed by atoms with Crippen molar-refractivity contribution in [1.82, 2.24) is 0 Å². The Balaban J connectivity index is 3.58. The minimum Gasteiger partial charge on any atom is -0.505 e. The van der Waals surface area contributed by atoms with Gasteiger partial charge in [0, 0.05) is 0 Å². The lowest BCUT2D eigenvalue weighted by molar-refractivity contribution is -0.115. The molecular weight excluding hydrogens is 115 g/mol. The highest BCUT2D eigenvalue weighted by Crippen LogP contribution is 1.86. The maximum atomic E-state index is 10.0. The van der Waals surface area contributed by atoms with E-state index in [2.05, 4.69) is 6.58 Å². The van der Waals surface area contributed by atoms with Crippen molar-refractivity contribution in [1.29, 1.82) is 0 Å². The van der Waals surface area contributed by atoms with Crippen LogP contribution in [0.1, 0.15) is 0 Å². The van der Waals surface area contributed by atoms with Gasteiger partial charge in [0.25, 0.3) is 0 Å². The van der Waals surface area contributed by atoms with Crippen LogP contribution in [-0.4, -0.2) is 16.8 Å². The van der Waals surface area contributed by atoms with Gasteiger partial charge in [0.05, 0.1) is 5.88 Å². The number of ketones is 1. The largest absolute Gasteiger partial charge is 0.505 e. The first kappa shape index (κ1) is 6.50. The van der Waals surface area contributed by atoms with Crippen LogP contribution in [0.15, 0.2) is 12.3 Å². The van der Waals surface area contributed by atoms with E-state index in [4.69, 9.17) is 16.7 Å². The molecule has 0 aromatic heterocycles. The van der Waals surface area contributed by atoms with Gasteiger partial charge in [-0.05, 0) is 0 Å². The average molecular weight is 121 g/mol. The lowest BCUT2D eigenvalue weighted by atomic mass is 10.4. The normalized spacial score (nSPS) is 8.14. The Morgan fingerprint density at radius 2 is 2.29 bits per heavy atom. The predicted octanol–water partition coefficient (Wildman–Crippen LogP) is 0.866. The predicted molar refractivity (Wildman–Crippen MR) is 27.5 cm³/mol. The summed E-state index contributed by atoms with van der Waals surface area (Å²) in [5, 5.41) is 8.19. The summed E-state index contributed by atoms with van der Waals surface area (Å²) in [6, 6.07) is 0. The number of carbonyl (C=O) groups excluding carboxylic acids is 1. The number of rotatable bonds is 2. The van der Waals surface area contributed by atoms with Gasteiger partial charge in [0.1, 0.15) is 0 Å². The summed E-state index contributed by atoms with van der Waals surface area (Å²) in [7, 11) is 0. The molecule has 0 saturated carbocycles. The number of hydrogen-bond acceptors (Lipinski definition) is 2. The van der Waals surface area contributed by atoms with Crippen LogP contribution >= 0.6 is 11.6 Å². The van der Waals surface area contributed by atoms with Crippen LogP contribution in [0.2, 0.25) is 0 Å². The van der Waals surface area contributed by atoms with E-state index < -0.39 is 11.5 Å². The molecule has 7 heavy (non-hydrogen) atoms. The van der Waals surface area contributed by atoms with Crippen molar-refractivity contribution in [2.24, 2.45) is 0 Å². The summed E-state index contributed by atoms with van der Waals surface area (Å²) in [4.78, 5) is 10.0. The summed E-state index contributed by atoms with van der Waals surface area (Å²) in [5.74, 6) is -1.20. The number of aliphatic hydroxyl groups excluding tert-OH is 1. The van der Waals surface area contributed by atoms with E-state index in [1.54, 1.807) is 0 Å². The maximum absolute atomic E-state index is 10.0. The lowest BCUT2D eigenvalue weighted by Gasteiger charge is -1.85.